The molecule has 0 amide bonds. The predicted molar refractivity (Wildman–Crippen MR) is 113 cm³/mol. The molecule has 0 atom stereocenters. The highest BCUT2D eigenvalue weighted by molar-refractivity contribution is 7.80. The van der Waals surface area contributed by atoms with Gasteiger partial charge in [-0.05, 0) is 30.4 Å². The molecule has 2 aromatic heterocycles. The van der Waals surface area contributed by atoms with Crippen LogP contribution >= 0.6 is 35.2 Å². The Morgan fingerprint density at radius 2 is 1.96 bits per heavy atom. The number of nitrogens with one attached hydrogen (secondary N) is 2. The highest BCUT2D eigenvalue weighted by Gasteiger charge is 2.10. The summed E-state index contributed by atoms with van der Waals surface area (Å²) in [4.78, 5) is 7.33. The minimum absolute atomic E-state index is 0.0537. The van der Waals surface area contributed by atoms with Crippen LogP contribution in [0.2, 0.25) is 5.02 Å². The van der Waals surface area contributed by atoms with Gasteiger partial charge in [0.05, 0.1) is 11.2 Å². The largest absolute Gasteiger partial charge is 0.493 e. The maximum absolute atomic E-state index is 9.99. The van der Waals surface area contributed by atoms with Gasteiger partial charge in [0.2, 0.25) is 11.0 Å². The van der Waals surface area contributed by atoms with Gasteiger partial charge in [-0.1, -0.05) is 41.9 Å². The molecule has 2 aromatic carbocycles. The van der Waals surface area contributed by atoms with Crippen molar-refractivity contribution in [2.45, 2.75) is 0 Å². The number of H-pyrrole nitrogens is 1. The first-order valence-electron chi connectivity index (χ1n) is 7.84. The first kappa shape index (κ1) is 17.6. The molecule has 0 fully saturated rings. The number of anilines is 1. The van der Waals surface area contributed by atoms with Crippen molar-refractivity contribution >= 4 is 62.0 Å². The van der Waals surface area contributed by atoms with Crippen LogP contribution in [0, 0.1) is 0 Å². The molecule has 0 unspecified atom stereocenters. The molecule has 27 heavy (non-hydrogen) atoms. The number of hydrogen-bond donors (Lipinski definition) is 3. The second kappa shape index (κ2) is 7.43. The zero-order valence-electron chi connectivity index (χ0n) is 13.7. The number of aromatic nitrogens is 2. The minimum Gasteiger partial charge on any atom is -0.493 e. The molecular formula is C18H12ClN5OS2. The third-order valence-electron chi connectivity index (χ3n) is 3.76. The average molecular weight is 414 g/mol. The molecule has 4 rings (SSSR count). The van der Waals surface area contributed by atoms with Crippen molar-refractivity contribution in [2.24, 2.45) is 10.2 Å². The zero-order chi connectivity index (χ0) is 18.8. The van der Waals surface area contributed by atoms with Crippen LogP contribution in [0.15, 0.2) is 64.1 Å². The molecule has 134 valence electrons. The number of halogens is 1. The monoisotopic (exact) mass is 413 g/mol. The summed E-state index contributed by atoms with van der Waals surface area (Å²) in [5.41, 5.74) is 2.89. The molecule has 9 heteroatoms. The summed E-state index contributed by atoms with van der Waals surface area (Å²) >= 11 is 12.5. The SMILES string of the molecule is Oc1[nH]c2ccccc2c1N=NC(=S)Nc1nc(-c2ccc(Cl)cc2)cs1. The summed E-state index contributed by atoms with van der Waals surface area (Å²) < 4.78 is 0. The van der Waals surface area contributed by atoms with E-state index in [4.69, 9.17) is 23.8 Å². The first-order chi connectivity index (χ1) is 13.1. The Morgan fingerprint density at radius 1 is 1.19 bits per heavy atom. The van der Waals surface area contributed by atoms with Crippen LogP contribution in [0.4, 0.5) is 10.8 Å². The van der Waals surface area contributed by atoms with Gasteiger partial charge < -0.3 is 15.4 Å². The van der Waals surface area contributed by atoms with E-state index in [1.807, 2.05) is 53.9 Å². The number of benzene rings is 2. The Morgan fingerprint density at radius 3 is 2.78 bits per heavy atom. The Kier molecular flexibility index (Phi) is 4.85. The summed E-state index contributed by atoms with van der Waals surface area (Å²) in [6.45, 7) is 0. The fourth-order valence-electron chi connectivity index (χ4n) is 2.51. The number of hydrogen-bond acceptors (Lipinski definition) is 5. The van der Waals surface area contributed by atoms with Gasteiger partial charge in [0.25, 0.3) is 0 Å². The molecular weight excluding hydrogens is 402 g/mol. The van der Waals surface area contributed by atoms with E-state index in [9.17, 15) is 5.11 Å². The summed E-state index contributed by atoms with van der Waals surface area (Å²) in [6.07, 6.45) is 0. The number of fused-ring (bicyclic) bond motifs is 1. The van der Waals surface area contributed by atoms with E-state index in [1.54, 1.807) is 0 Å². The Labute approximate surface area is 168 Å². The maximum atomic E-state index is 9.99. The van der Waals surface area contributed by atoms with Gasteiger partial charge in [-0.3, -0.25) is 0 Å². The average Bonchev–Trinajstić information content (AvgIpc) is 3.24. The molecule has 2 heterocycles. The molecule has 6 nitrogen and oxygen atoms in total. The van der Waals surface area contributed by atoms with Gasteiger partial charge in [0, 0.05) is 21.4 Å². The van der Waals surface area contributed by atoms with E-state index in [1.165, 1.54) is 11.3 Å². The second-order valence-corrected chi connectivity index (χ2v) is 7.22. The highest BCUT2D eigenvalue weighted by atomic mass is 35.5. The van der Waals surface area contributed by atoms with Gasteiger partial charge in [-0.2, -0.15) is 0 Å². The van der Waals surface area contributed by atoms with Gasteiger partial charge in [0.1, 0.15) is 0 Å². The lowest BCUT2D eigenvalue weighted by Gasteiger charge is -1.98. The normalized spacial score (nSPS) is 11.3. The van der Waals surface area contributed by atoms with Gasteiger partial charge in [-0.25, -0.2) is 4.98 Å². The number of para-hydroxylation sites is 1. The Balaban J connectivity index is 1.49. The van der Waals surface area contributed by atoms with Gasteiger partial charge in [0.15, 0.2) is 10.8 Å². The molecule has 0 spiro atoms. The Bertz CT molecular complexity index is 1150. The number of aromatic amines is 1. The number of aromatic hydroxyl groups is 1. The third kappa shape index (κ3) is 3.82. The number of azo groups is 1. The molecule has 0 aliphatic rings. The van der Waals surface area contributed by atoms with Gasteiger partial charge >= 0.3 is 0 Å². The third-order valence-corrected chi connectivity index (χ3v) is 4.95. The summed E-state index contributed by atoms with van der Waals surface area (Å²) in [6, 6.07) is 14.9. The molecule has 0 aliphatic heterocycles. The quantitative estimate of drug-likeness (QED) is 0.278. The van der Waals surface area contributed by atoms with Crippen LogP contribution in [-0.2, 0) is 0 Å². The van der Waals surface area contributed by atoms with Crippen LogP contribution < -0.4 is 5.32 Å². The second-order valence-electron chi connectivity index (χ2n) is 5.54. The van der Waals surface area contributed by atoms with Crippen LogP contribution in [0.1, 0.15) is 0 Å². The van der Waals surface area contributed by atoms with E-state index in [0.29, 0.717) is 15.8 Å². The smallest absolute Gasteiger partial charge is 0.220 e. The van der Waals surface area contributed by atoms with Crippen molar-refractivity contribution in [2.75, 3.05) is 5.32 Å². The zero-order valence-corrected chi connectivity index (χ0v) is 16.1. The van der Waals surface area contributed by atoms with Crippen LogP contribution in [0.5, 0.6) is 5.88 Å². The summed E-state index contributed by atoms with van der Waals surface area (Å²) in [7, 11) is 0. The summed E-state index contributed by atoms with van der Waals surface area (Å²) in [5, 5.41) is 25.1. The lowest BCUT2D eigenvalue weighted by Crippen LogP contribution is -2.04. The molecule has 0 saturated heterocycles. The predicted octanol–water partition coefficient (Wildman–Crippen LogP) is 6.13. The molecule has 4 aromatic rings. The molecule has 0 saturated carbocycles. The van der Waals surface area contributed by atoms with Crippen molar-refractivity contribution in [3.63, 3.8) is 0 Å². The van der Waals surface area contributed by atoms with Crippen molar-refractivity contribution in [3.05, 3.63) is 58.9 Å². The first-order valence-corrected chi connectivity index (χ1v) is 9.50. The number of thiocarbonyl (C=S) groups is 1. The van der Waals surface area contributed by atoms with Crippen LogP contribution in [-0.4, -0.2) is 20.2 Å². The lowest BCUT2D eigenvalue weighted by molar-refractivity contribution is 0.459. The fourth-order valence-corrected chi connectivity index (χ4v) is 3.56. The highest BCUT2D eigenvalue weighted by Crippen LogP contribution is 2.35. The maximum Gasteiger partial charge on any atom is 0.220 e. The van der Waals surface area contributed by atoms with Gasteiger partial charge in [-0.15, -0.1) is 21.6 Å². The molecule has 3 N–H and O–H groups in total. The van der Waals surface area contributed by atoms with E-state index in [0.717, 1.165) is 22.2 Å². The number of nitrogens with zero attached hydrogens (tertiary/aromatic N) is 3. The topological polar surface area (TPSA) is 85.7 Å². The standard InChI is InChI=1S/C18H12ClN5OS2/c19-11-7-5-10(6-8-11)14-9-27-18(21-14)22-17(26)24-23-15-12-3-1-2-4-13(12)20-16(15)25/h1-9,20,25H,(H,21,22,26). The van der Waals surface area contributed by atoms with Crippen LogP contribution in [0.3, 0.4) is 0 Å². The lowest BCUT2D eigenvalue weighted by atomic mass is 10.2. The van der Waals surface area contributed by atoms with Crippen molar-refractivity contribution in [1.29, 1.82) is 0 Å². The number of rotatable bonds is 3. The number of thiazole rings is 1. The van der Waals surface area contributed by atoms with E-state index in [2.05, 4.69) is 25.5 Å². The van der Waals surface area contributed by atoms with Crippen molar-refractivity contribution in [3.8, 4) is 17.1 Å². The van der Waals surface area contributed by atoms with Crippen LogP contribution in [0.25, 0.3) is 22.2 Å². The van der Waals surface area contributed by atoms with E-state index >= 15 is 0 Å². The van der Waals surface area contributed by atoms with E-state index < -0.39 is 0 Å². The summed E-state index contributed by atoms with van der Waals surface area (Å²) in [5.74, 6) is -0.0537. The molecule has 0 aliphatic carbocycles. The van der Waals surface area contributed by atoms with Crippen molar-refractivity contribution < 1.29 is 5.11 Å². The van der Waals surface area contributed by atoms with Crippen molar-refractivity contribution in [1.82, 2.24) is 9.97 Å². The molecule has 0 bridgehead atoms. The molecule has 0 radical (unpaired) electrons. The Hall–Kier alpha value is -2.81. The van der Waals surface area contributed by atoms with E-state index in [-0.39, 0.29) is 11.0 Å². The fraction of sp³-hybridized carbons (Fsp3) is 0. The minimum atomic E-state index is -0.0537.